The molecule has 0 aliphatic carbocycles. The van der Waals surface area contributed by atoms with Crippen LogP contribution in [0.15, 0.2) is 24.3 Å². The summed E-state index contributed by atoms with van der Waals surface area (Å²) in [5.74, 6) is 0. The van der Waals surface area contributed by atoms with Crippen molar-refractivity contribution in [3.05, 3.63) is 29.8 Å². The molecule has 0 aromatic heterocycles. The van der Waals surface area contributed by atoms with Crippen LogP contribution in [-0.2, 0) is 14.3 Å². The Hall–Kier alpha value is -0.200. The second kappa shape index (κ2) is 5.30. The van der Waals surface area contributed by atoms with Crippen LogP contribution < -0.4 is 4.90 Å². The van der Waals surface area contributed by atoms with Gasteiger partial charge in [-0.3, -0.25) is 4.18 Å². The van der Waals surface area contributed by atoms with Gasteiger partial charge in [-0.1, -0.05) is 53.0 Å². The number of aryl methyl sites for hydroxylation is 1. The Morgan fingerprint density at radius 2 is 2.00 bits per heavy atom. The highest BCUT2D eigenvalue weighted by molar-refractivity contribution is 7.87. The van der Waals surface area contributed by atoms with Crippen molar-refractivity contribution in [2.75, 3.05) is 18.1 Å². The molecule has 8 heteroatoms. The molecule has 19 heavy (non-hydrogen) atoms. The molecule has 1 aliphatic heterocycles. The van der Waals surface area contributed by atoms with Gasteiger partial charge >= 0.3 is 0 Å². The van der Waals surface area contributed by atoms with Gasteiger partial charge in [0.15, 0.2) is 5.37 Å². The van der Waals surface area contributed by atoms with Gasteiger partial charge in [0, 0.05) is 5.69 Å². The van der Waals surface area contributed by atoms with E-state index in [1.165, 1.54) is 0 Å². The van der Waals surface area contributed by atoms with Crippen LogP contribution >= 0.6 is 34.8 Å². The summed E-state index contributed by atoms with van der Waals surface area (Å²) < 4.78 is 26.8. The van der Waals surface area contributed by atoms with E-state index in [1.54, 1.807) is 4.90 Å². The molecule has 1 fully saturated rings. The van der Waals surface area contributed by atoms with Crippen molar-refractivity contribution in [2.45, 2.75) is 16.1 Å². The molecule has 1 unspecified atom stereocenters. The van der Waals surface area contributed by atoms with Crippen LogP contribution in [0.2, 0.25) is 0 Å². The molecule has 1 aromatic rings. The maximum absolute atomic E-state index is 11.9. The van der Waals surface area contributed by atoms with Gasteiger partial charge in [-0.05, 0) is 18.6 Å². The quantitative estimate of drug-likeness (QED) is 0.479. The first-order valence-electron chi connectivity index (χ1n) is 5.48. The van der Waals surface area contributed by atoms with E-state index >= 15 is 0 Å². The van der Waals surface area contributed by atoms with E-state index in [1.807, 2.05) is 31.2 Å². The first kappa shape index (κ1) is 15.2. The molecular weight excluding hydrogens is 333 g/mol. The third kappa shape index (κ3) is 3.89. The smallest absolute Gasteiger partial charge is 0.290 e. The van der Waals surface area contributed by atoms with Crippen LogP contribution in [0.3, 0.4) is 0 Å². The molecule has 0 N–H and O–H groups in total. The normalized spacial score (nSPS) is 19.6. The van der Waals surface area contributed by atoms with Crippen LogP contribution in [0.5, 0.6) is 0 Å². The molecule has 0 amide bonds. The zero-order valence-corrected chi connectivity index (χ0v) is 13.1. The predicted molar refractivity (Wildman–Crippen MR) is 77.5 cm³/mol. The standard InChI is InChI=1S/C11H12Cl3NO3S/c1-8-4-2-3-5-9(8)15-6-10(15)19(16,17)18-7-11(12,13)14/h2-5,10H,6-7H2,1H3. The van der Waals surface area contributed by atoms with Crippen molar-refractivity contribution in [3.63, 3.8) is 0 Å². The summed E-state index contributed by atoms with van der Waals surface area (Å²) in [5, 5.41) is -0.707. The Morgan fingerprint density at radius 3 is 2.58 bits per heavy atom. The van der Waals surface area contributed by atoms with E-state index in [9.17, 15) is 8.42 Å². The lowest BCUT2D eigenvalue weighted by Crippen LogP contribution is -2.22. The fraction of sp³-hybridized carbons (Fsp3) is 0.455. The first-order chi connectivity index (χ1) is 8.71. The fourth-order valence-corrected chi connectivity index (χ4v) is 3.36. The Labute approximate surface area is 127 Å². The van der Waals surface area contributed by atoms with Gasteiger partial charge in [0.25, 0.3) is 10.1 Å². The molecule has 1 saturated heterocycles. The molecule has 1 aromatic carbocycles. The summed E-state index contributed by atoms with van der Waals surface area (Å²) in [6, 6.07) is 7.52. The number of benzene rings is 1. The van der Waals surface area contributed by atoms with Crippen LogP contribution in [-0.4, -0.2) is 30.7 Å². The summed E-state index contributed by atoms with van der Waals surface area (Å²) in [4.78, 5) is 1.73. The number of nitrogens with zero attached hydrogens (tertiary/aromatic N) is 1. The average molecular weight is 345 g/mol. The van der Waals surface area contributed by atoms with E-state index in [4.69, 9.17) is 39.0 Å². The van der Waals surface area contributed by atoms with Gasteiger partial charge < -0.3 is 4.90 Å². The third-order valence-electron chi connectivity index (χ3n) is 2.71. The third-order valence-corrected chi connectivity index (χ3v) is 4.56. The molecule has 106 valence electrons. The van der Waals surface area contributed by atoms with Gasteiger partial charge in [0.1, 0.15) is 6.61 Å². The summed E-state index contributed by atoms with van der Waals surface area (Å²) >= 11 is 16.4. The minimum atomic E-state index is -3.76. The molecule has 1 heterocycles. The molecule has 0 saturated carbocycles. The Morgan fingerprint density at radius 1 is 1.37 bits per heavy atom. The van der Waals surface area contributed by atoms with Crippen molar-refractivity contribution >= 4 is 50.6 Å². The fourth-order valence-electron chi connectivity index (χ4n) is 1.73. The SMILES string of the molecule is Cc1ccccc1N1CC1S(=O)(=O)OCC(Cl)(Cl)Cl. The van der Waals surface area contributed by atoms with Crippen molar-refractivity contribution in [3.8, 4) is 0 Å². The van der Waals surface area contributed by atoms with Gasteiger partial charge in [0.05, 0.1) is 6.54 Å². The van der Waals surface area contributed by atoms with E-state index < -0.39 is 25.9 Å². The maximum Gasteiger partial charge on any atom is 0.290 e. The van der Waals surface area contributed by atoms with Gasteiger partial charge in [-0.2, -0.15) is 8.42 Å². The zero-order valence-electron chi connectivity index (χ0n) is 10.0. The minimum Gasteiger partial charge on any atom is -0.348 e. The summed E-state index contributed by atoms with van der Waals surface area (Å²) in [6.45, 7) is 1.81. The highest BCUT2D eigenvalue weighted by Gasteiger charge is 2.47. The summed E-state index contributed by atoms with van der Waals surface area (Å²) in [7, 11) is -3.76. The van der Waals surface area contributed by atoms with Crippen molar-refractivity contribution in [1.82, 2.24) is 0 Å². The highest BCUT2D eigenvalue weighted by Crippen LogP contribution is 2.35. The van der Waals surface area contributed by atoms with Crippen molar-refractivity contribution in [2.24, 2.45) is 0 Å². The number of hydrogen-bond donors (Lipinski definition) is 0. The predicted octanol–water partition coefficient (Wildman–Crippen LogP) is 2.86. The Kier molecular flexibility index (Phi) is 4.23. The minimum absolute atomic E-state index is 0.382. The maximum atomic E-state index is 11.9. The van der Waals surface area contributed by atoms with Crippen LogP contribution in [0.1, 0.15) is 5.56 Å². The van der Waals surface area contributed by atoms with E-state index in [0.29, 0.717) is 6.54 Å². The highest BCUT2D eigenvalue weighted by atomic mass is 35.6. The van der Waals surface area contributed by atoms with Crippen LogP contribution in [0.4, 0.5) is 5.69 Å². The number of anilines is 1. The first-order valence-corrected chi connectivity index (χ1v) is 8.08. The molecule has 4 nitrogen and oxygen atoms in total. The van der Waals surface area contributed by atoms with Gasteiger partial charge in [-0.25, -0.2) is 0 Å². The lowest BCUT2D eigenvalue weighted by Gasteiger charge is -2.12. The number of rotatable bonds is 4. The van der Waals surface area contributed by atoms with Crippen molar-refractivity contribution in [1.29, 1.82) is 0 Å². The number of halogens is 3. The molecule has 1 aliphatic rings. The summed E-state index contributed by atoms with van der Waals surface area (Å²) in [6.07, 6.45) is 0. The zero-order chi connectivity index (χ0) is 14.3. The van der Waals surface area contributed by atoms with Crippen molar-refractivity contribution < 1.29 is 12.6 Å². The molecular formula is C11H12Cl3NO3S. The largest absolute Gasteiger partial charge is 0.348 e. The van der Waals surface area contributed by atoms with E-state index in [2.05, 4.69) is 0 Å². The van der Waals surface area contributed by atoms with Gasteiger partial charge in [0.2, 0.25) is 3.79 Å². The van der Waals surface area contributed by atoms with Crippen LogP contribution in [0, 0.1) is 6.92 Å². The lowest BCUT2D eigenvalue weighted by molar-refractivity contribution is 0.325. The van der Waals surface area contributed by atoms with E-state index in [-0.39, 0.29) is 0 Å². The molecule has 0 radical (unpaired) electrons. The number of hydrogen-bond acceptors (Lipinski definition) is 4. The monoisotopic (exact) mass is 343 g/mol. The molecule has 0 bridgehead atoms. The molecule has 2 rings (SSSR count). The molecule has 1 atom stereocenters. The van der Waals surface area contributed by atoms with Gasteiger partial charge in [-0.15, -0.1) is 0 Å². The Bertz CT molecular complexity index is 571. The summed E-state index contributed by atoms with van der Waals surface area (Å²) in [5.41, 5.74) is 1.87. The molecule has 0 spiro atoms. The topological polar surface area (TPSA) is 46.4 Å². The number of para-hydroxylation sites is 1. The lowest BCUT2D eigenvalue weighted by atomic mass is 10.2. The average Bonchev–Trinajstić information content (AvgIpc) is 3.07. The number of alkyl halides is 3. The Balaban J connectivity index is 2.04. The second-order valence-electron chi connectivity index (χ2n) is 4.26. The van der Waals surface area contributed by atoms with E-state index in [0.717, 1.165) is 11.3 Å². The second-order valence-corrected chi connectivity index (χ2v) is 8.55. The van der Waals surface area contributed by atoms with Crippen LogP contribution in [0.25, 0.3) is 0 Å².